The van der Waals surface area contributed by atoms with Gasteiger partial charge in [-0.3, -0.25) is 0 Å². The molecule has 2 atom stereocenters. The average Bonchev–Trinajstić information content (AvgIpc) is 2.81. The predicted molar refractivity (Wildman–Crippen MR) is 62.1 cm³/mol. The minimum Gasteiger partial charge on any atom is -0.381 e. The highest BCUT2D eigenvalue weighted by Crippen LogP contribution is 2.18. The maximum atomic E-state index is 5.47. The summed E-state index contributed by atoms with van der Waals surface area (Å²) in [5, 5.41) is 3.47. The maximum absolute atomic E-state index is 5.47. The van der Waals surface area contributed by atoms with E-state index in [1.165, 1.54) is 45.3 Å². The van der Waals surface area contributed by atoms with Gasteiger partial charge in [0.25, 0.3) is 0 Å². The van der Waals surface area contributed by atoms with Gasteiger partial charge in [0.2, 0.25) is 0 Å². The smallest absolute Gasteiger partial charge is 0.0510 e. The van der Waals surface area contributed by atoms with Gasteiger partial charge >= 0.3 is 0 Å². The Bertz CT molecular complexity index is 174. The van der Waals surface area contributed by atoms with Crippen LogP contribution in [-0.2, 0) is 4.74 Å². The first kappa shape index (κ1) is 11.4. The van der Waals surface area contributed by atoms with Gasteiger partial charge < -0.3 is 15.0 Å². The first-order valence-corrected chi connectivity index (χ1v) is 6.37. The quantitative estimate of drug-likeness (QED) is 0.755. The molecule has 3 heteroatoms. The van der Waals surface area contributed by atoms with E-state index in [1.807, 2.05) is 0 Å². The lowest BCUT2D eigenvalue weighted by molar-refractivity contribution is 0.154. The van der Waals surface area contributed by atoms with Crippen molar-refractivity contribution in [1.82, 2.24) is 10.2 Å². The fourth-order valence-corrected chi connectivity index (χ4v) is 2.77. The molecule has 2 unspecified atom stereocenters. The van der Waals surface area contributed by atoms with Crippen LogP contribution in [0.25, 0.3) is 0 Å². The van der Waals surface area contributed by atoms with E-state index in [2.05, 4.69) is 17.3 Å². The molecule has 0 aromatic carbocycles. The van der Waals surface area contributed by atoms with Gasteiger partial charge in [-0.25, -0.2) is 0 Å². The molecule has 88 valence electrons. The molecule has 0 amide bonds. The number of nitrogens with zero attached hydrogens (tertiary/aromatic N) is 1. The average molecular weight is 212 g/mol. The molecule has 2 aliphatic heterocycles. The van der Waals surface area contributed by atoms with Crippen molar-refractivity contribution in [3.63, 3.8) is 0 Å². The van der Waals surface area contributed by atoms with Crippen molar-refractivity contribution in [2.75, 3.05) is 39.9 Å². The van der Waals surface area contributed by atoms with Crippen LogP contribution in [0.15, 0.2) is 0 Å². The minimum absolute atomic E-state index is 0.630. The van der Waals surface area contributed by atoms with Crippen LogP contribution in [0.4, 0.5) is 0 Å². The van der Waals surface area contributed by atoms with Gasteiger partial charge in [-0.05, 0) is 39.4 Å². The Morgan fingerprint density at radius 1 is 1.33 bits per heavy atom. The van der Waals surface area contributed by atoms with Crippen LogP contribution in [0.3, 0.4) is 0 Å². The summed E-state index contributed by atoms with van der Waals surface area (Å²) in [6, 6.07) is 0.630. The minimum atomic E-state index is 0.630. The summed E-state index contributed by atoms with van der Waals surface area (Å²) in [5.41, 5.74) is 0. The molecule has 0 aromatic rings. The third kappa shape index (κ3) is 3.16. The number of likely N-dealkylation sites (tertiary alicyclic amines) is 1. The van der Waals surface area contributed by atoms with E-state index in [-0.39, 0.29) is 0 Å². The maximum Gasteiger partial charge on any atom is 0.0510 e. The van der Waals surface area contributed by atoms with Crippen molar-refractivity contribution in [3.8, 4) is 0 Å². The van der Waals surface area contributed by atoms with Gasteiger partial charge in [0.1, 0.15) is 0 Å². The van der Waals surface area contributed by atoms with Crippen molar-refractivity contribution >= 4 is 0 Å². The van der Waals surface area contributed by atoms with Crippen LogP contribution in [0.5, 0.6) is 0 Å². The summed E-state index contributed by atoms with van der Waals surface area (Å²) in [4.78, 5) is 2.61. The van der Waals surface area contributed by atoms with Crippen molar-refractivity contribution in [3.05, 3.63) is 0 Å². The number of likely N-dealkylation sites (N-methyl/N-ethyl adjacent to an activating group) is 1. The molecular weight excluding hydrogens is 188 g/mol. The molecule has 0 saturated carbocycles. The number of hydrogen-bond acceptors (Lipinski definition) is 3. The summed E-state index contributed by atoms with van der Waals surface area (Å²) >= 11 is 0. The van der Waals surface area contributed by atoms with Crippen LogP contribution in [-0.4, -0.2) is 50.8 Å². The number of piperidine rings is 1. The van der Waals surface area contributed by atoms with E-state index in [4.69, 9.17) is 4.74 Å². The van der Waals surface area contributed by atoms with Crippen LogP contribution in [0.2, 0.25) is 0 Å². The normalized spacial score (nSPS) is 30.6. The fourth-order valence-electron chi connectivity index (χ4n) is 2.77. The molecule has 2 aliphatic rings. The lowest BCUT2D eigenvalue weighted by Gasteiger charge is -2.32. The second kappa shape index (κ2) is 5.83. The van der Waals surface area contributed by atoms with Crippen LogP contribution >= 0.6 is 0 Å². The summed E-state index contributed by atoms with van der Waals surface area (Å²) in [7, 11) is 2.09. The molecule has 3 nitrogen and oxygen atoms in total. The first-order valence-electron chi connectivity index (χ1n) is 6.37. The van der Waals surface area contributed by atoms with Gasteiger partial charge in [0, 0.05) is 25.1 Å². The Balaban J connectivity index is 1.78. The zero-order valence-corrected chi connectivity index (χ0v) is 9.87. The van der Waals surface area contributed by atoms with Crippen LogP contribution in [0, 0.1) is 5.92 Å². The van der Waals surface area contributed by atoms with E-state index in [1.54, 1.807) is 0 Å². The van der Waals surface area contributed by atoms with Crippen molar-refractivity contribution < 1.29 is 4.74 Å². The van der Waals surface area contributed by atoms with E-state index in [0.29, 0.717) is 6.04 Å². The Labute approximate surface area is 93.2 Å². The summed E-state index contributed by atoms with van der Waals surface area (Å²) in [6.07, 6.45) is 5.43. The number of rotatable bonds is 4. The second-order valence-corrected chi connectivity index (χ2v) is 4.88. The summed E-state index contributed by atoms with van der Waals surface area (Å²) in [5.74, 6) is 0.733. The Hall–Kier alpha value is -0.120. The molecule has 2 heterocycles. The lowest BCUT2D eigenvalue weighted by Crippen LogP contribution is -2.46. The highest BCUT2D eigenvalue weighted by Gasteiger charge is 2.26. The van der Waals surface area contributed by atoms with Gasteiger partial charge in [-0.15, -0.1) is 0 Å². The van der Waals surface area contributed by atoms with E-state index >= 15 is 0 Å². The van der Waals surface area contributed by atoms with Crippen LogP contribution < -0.4 is 5.32 Å². The topological polar surface area (TPSA) is 24.5 Å². The van der Waals surface area contributed by atoms with Gasteiger partial charge in [-0.2, -0.15) is 0 Å². The molecule has 15 heavy (non-hydrogen) atoms. The van der Waals surface area contributed by atoms with Crippen molar-refractivity contribution in [2.24, 2.45) is 5.92 Å². The molecule has 0 aliphatic carbocycles. The Morgan fingerprint density at radius 2 is 2.13 bits per heavy atom. The lowest BCUT2D eigenvalue weighted by atomic mass is 9.98. The van der Waals surface area contributed by atoms with Gasteiger partial charge in [0.05, 0.1) is 6.61 Å². The number of nitrogens with one attached hydrogen (secondary N) is 1. The summed E-state index contributed by atoms with van der Waals surface area (Å²) in [6.45, 7) is 5.73. The zero-order valence-electron chi connectivity index (χ0n) is 9.87. The zero-order chi connectivity index (χ0) is 10.5. The summed E-state index contributed by atoms with van der Waals surface area (Å²) < 4.78 is 5.47. The van der Waals surface area contributed by atoms with Crippen LogP contribution in [0.1, 0.15) is 25.7 Å². The van der Waals surface area contributed by atoms with Gasteiger partial charge in [-0.1, -0.05) is 6.42 Å². The molecule has 0 aromatic heterocycles. The molecule has 1 N–H and O–H groups in total. The molecule has 2 fully saturated rings. The Kier molecular flexibility index (Phi) is 4.42. The van der Waals surface area contributed by atoms with Crippen molar-refractivity contribution in [1.29, 1.82) is 0 Å². The van der Waals surface area contributed by atoms with E-state index in [9.17, 15) is 0 Å². The number of ether oxygens (including phenoxy) is 1. The second-order valence-electron chi connectivity index (χ2n) is 4.88. The Morgan fingerprint density at radius 3 is 2.73 bits per heavy atom. The monoisotopic (exact) mass is 212 g/mol. The SMILES string of the molecule is CNC(CN1CCCCC1)C1CCOC1. The highest BCUT2D eigenvalue weighted by atomic mass is 16.5. The molecule has 0 bridgehead atoms. The molecule has 2 rings (SSSR count). The molecule has 0 spiro atoms. The third-order valence-corrected chi connectivity index (χ3v) is 3.81. The predicted octanol–water partition coefficient (Wildman–Crippen LogP) is 1.10. The first-order chi connectivity index (χ1) is 7.40. The van der Waals surface area contributed by atoms with Gasteiger partial charge in [0.15, 0.2) is 0 Å². The molecule has 2 saturated heterocycles. The standard InChI is InChI=1S/C12H24N2O/c1-13-12(11-5-8-15-10-11)9-14-6-3-2-4-7-14/h11-13H,2-10H2,1H3. The highest BCUT2D eigenvalue weighted by molar-refractivity contribution is 4.82. The molecule has 0 radical (unpaired) electrons. The fraction of sp³-hybridized carbons (Fsp3) is 1.00. The largest absolute Gasteiger partial charge is 0.381 e. The number of hydrogen-bond donors (Lipinski definition) is 1. The van der Waals surface area contributed by atoms with Crippen molar-refractivity contribution in [2.45, 2.75) is 31.7 Å². The molecular formula is C12H24N2O. The van der Waals surface area contributed by atoms with E-state index in [0.717, 1.165) is 19.1 Å². The van der Waals surface area contributed by atoms with E-state index < -0.39 is 0 Å². The third-order valence-electron chi connectivity index (χ3n) is 3.81.